The summed E-state index contributed by atoms with van der Waals surface area (Å²) >= 11 is 0. The number of amides is 1. The van der Waals surface area contributed by atoms with Crippen molar-refractivity contribution in [3.8, 4) is 11.3 Å². The van der Waals surface area contributed by atoms with Crippen molar-refractivity contribution in [1.29, 1.82) is 0 Å². The fraction of sp³-hybridized carbons (Fsp3) is 0.353. The van der Waals surface area contributed by atoms with Crippen molar-refractivity contribution in [2.75, 3.05) is 18.0 Å². The van der Waals surface area contributed by atoms with Crippen LogP contribution in [-0.2, 0) is 0 Å². The lowest BCUT2D eigenvalue weighted by molar-refractivity contribution is 0.100. The SMILES string of the molecule is Cc1cc(-c2ccccc2C(N)=O)nc(N2CCCCC2)n1. The van der Waals surface area contributed by atoms with Crippen molar-refractivity contribution >= 4 is 11.9 Å². The van der Waals surface area contributed by atoms with Gasteiger partial charge in [-0.15, -0.1) is 0 Å². The van der Waals surface area contributed by atoms with Gasteiger partial charge in [0.05, 0.1) is 5.69 Å². The fourth-order valence-corrected chi connectivity index (χ4v) is 2.85. The molecule has 0 aliphatic carbocycles. The summed E-state index contributed by atoms with van der Waals surface area (Å²) in [5, 5.41) is 0. The van der Waals surface area contributed by atoms with E-state index in [4.69, 9.17) is 5.73 Å². The molecule has 114 valence electrons. The van der Waals surface area contributed by atoms with E-state index in [1.165, 1.54) is 19.3 Å². The second-order valence-electron chi connectivity index (χ2n) is 5.65. The Hall–Kier alpha value is -2.43. The number of carbonyl (C=O) groups excluding carboxylic acids is 1. The number of anilines is 1. The number of aromatic nitrogens is 2. The summed E-state index contributed by atoms with van der Waals surface area (Å²) in [5.74, 6) is 0.306. The number of nitrogens with two attached hydrogens (primary N) is 1. The smallest absolute Gasteiger partial charge is 0.249 e. The highest BCUT2D eigenvalue weighted by atomic mass is 16.1. The zero-order chi connectivity index (χ0) is 15.5. The highest BCUT2D eigenvalue weighted by Gasteiger charge is 2.17. The number of carbonyl (C=O) groups is 1. The number of hydrogen-bond donors (Lipinski definition) is 1. The molecule has 1 saturated heterocycles. The molecule has 5 heteroatoms. The van der Waals surface area contributed by atoms with Gasteiger partial charge in [0, 0.05) is 29.9 Å². The van der Waals surface area contributed by atoms with Crippen LogP contribution in [0.2, 0.25) is 0 Å². The third-order valence-corrected chi connectivity index (χ3v) is 3.95. The van der Waals surface area contributed by atoms with E-state index in [0.717, 1.165) is 36.0 Å². The Morgan fingerprint density at radius 1 is 1.14 bits per heavy atom. The molecule has 5 nitrogen and oxygen atoms in total. The number of piperidine rings is 1. The molecule has 0 atom stereocenters. The summed E-state index contributed by atoms with van der Waals surface area (Å²) in [6.45, 7) is 3.92. The highest BCUT2D eigenvalue weighted by Crippen LogP contribution is 2.25. The molecule has 22 heavy (non-hydrogen) atoms. The van der Waals surface area contributed by atoms with Gasteiger partial charge in [-0.2, -0.15) is 0 Å². The van der Waals surface area contributed by atoms with E-state index in [1.54, 1.807) is 6.07 Å². The molecule has 0 radical (unpaired) electrons. The van der Waals surface area contributed by atoms with Gasteiger partial charge in [0.2, 0.25) is 11.9 Å². The van der Waals surface area contributed by atoms with Crippen molar-refractivity contribution < 1.29 is 4.79 Å². The first-order valence-corrected chi connectivity index (χ1v) is 7.65. The maximum atomic E-state index is 11.6. The highest BCUT2D eigenvalue weighted by molar-refractivity contribution is 5.99. The van der Waals surface area contributed by atoms with Gasteiger partial charge in [-0.3, -0.25) is 4.79 Å². The Labute approximate surface area is 130 Å². The van der Waals surface area contributed by atoms with Crippen LogP contribution in [0.4, 0.5) is 5.95 Å². The molecule has 1 amide bonds. The van der Waals surface area contributed by atoms with Gasteiger partial charge in [-0.05, 0) is 38.3 Å². The molecular formula is C17H20N4O. The zero-order valence-corrected chi connectivity index (χ0v) is 12.7. The largest absolute Gasteiger partial charge is 0.366 e. The summed E-state index contributed by atoms with van der Waals surface area (Å²) in [7, 11) is 0. The molecule has 1 aromatic carbocycles. The van der Waals surface area contributed by atoms with Crippen LogP contribution >= 0.6 is 0 Å². The predicted octanol–water partition coefficient (Wildman–Crippen LogP) is 2.54. The van der Waals surface area contributed by atoms with Crippen LogP contribution in [-0.4, -0.2) is 29.0 Å². The van der Waals surface area contributed by atoms with Crippen molar-refractivity contribution in [3.63, 3.8) is 0 Å². The van der Waals surface area contributed by atoms with Crippen LogP contribution in [0, 0.1) is 6.92 Å². The van der Waals surface area contributed by atoms with E-state index in [0.29, 0.717) is 5.56 Å². The zero-order valence-electron chi connectivity index (χ0n) is 12.7. The third kappa shape index (κ3) is 2.93. The minimum absolute atomic E-state index is 0.439. The lowest BCUT2D eigenvalue weighted by atomic mass is 10.0. The Bertz CT molecular complexity index is 693. The monoisotopic (exact) mass is 296 g/mol. The first-order valence-electron chi connectivity index (χ1n) is 7.65. The molecular weight excluding hydrogens is 276 g/mol. The van der Waals surface area contributed by atoms with E-state index in [1.807, 2.05) is 31.2 Å². The third-order valence-electron chi connectivity index (χ3n) is 3.95. The summed E-state index contributed by atoms with van der Waals surface area (Å²) in [6.07, 6.45) is 3.61. The van der Waals surface area contributed by atoms with Gasteiger partial charge in [0.1, 0.15) is 0 Å². The second-order valence-corrected chi connectivity index (χ2v) is 5.65. The van der Waals surface area contributed by atoms with E-state index in [2.05, 4.69) is 14.9 Å². The van der Waals surface area contributed by atoms with Crippen LogP contribution in [0.25, 0.3) is 11.3 Å². The molecule has 1 fully saturated rings. The number of primary amides is 1. The Morgan fingerprint density at radius 2 is 1.86 bits per heavy atom. The second kappa shape index (κ2) is 6.13. The first kappa shape index (κ1) is 14.5. The number of nitrogens with zero attached hydrogens (tertiary/aromatic N) is 3. The first-order chi connectivity index (χ1) is 10.6. The van der Waals surface area contributed by atoms with Gasteiger partial charge >= 0.3 is 0 Å². The molecule has 1 aromatic heterocycles. The molecule has 3 rings (SSSR count). The lowest BCUT2D eigenvalue weighted by Crippen LogP contribution is -2.31. The van der Waals surface area contributed by atoms with Crippen LogP contribution in [0.3, 0.4) is 0 Å². The summed E-state index contributed by atoms with van der Waals surface area (Å²) < 4.78 is 0. The van der Waals surface area contributed by atoms with Crippen LogP contribution in [0.5, 0.6) is 0 Å². The van der Waals surface area contributed by atoms with Gasteiger partial charge < -0.3 is 10.6 Å². The molecule has 0 unspecified atom stereocenters. The Morgan fingerprint density at radius 3 is 2.59 bits per heavy atom. The molecule has 2 heterocycles. The van der Waals surface area contributed by atoms with Crippen molar-refractivity contribution in [1.82, 2.24) is 9.97 Å². The molecule has 0 saturated carbocycles. The maximum absolute atomic E-state index is 11.6. The standard InChI is InChI=1S/C17H20N4O/c1-12-11-15(13-7-3-4-8-14(13)16(18)22)20-17(19-12)21-9-5-2-6-10-21/h3-4,7-8,11H,2,5-6,9-10H2,1H3,(H2,18,22). The predicted molar refractivity (Wildman–Crippen MR) is 86.8 cm³/mol. The quantitative estimate of drug-likeness (QED) is 0.944. The van der Waals surface area contributed by atoms with E-state index in [-0.39, 0.29) is 0 Å². The van der Waals surface area contributed by atoms with E-state index < -0.39 is 5.91 Å². The topological polar surface area (TPSA) is 72.1 Å². The summed E-state index contributed by atoms with van der Waals surface area (Å²) in [4.78, 5) is 23.1. The maximum Gasteiger partial charge on any atom is 0.249 e. The minimum atomic E-state index is -0.439. The van der Waals surface area contributed by atoms with Gasteiger partial charge in [-0.1, -0.05) is 18.2 Å². The molecule has 0 bridgehead atoms. The number of aryl methyl sites for hydroxylation is 1. The summed E-state index contributed by atoms with van der Waals surface area (Å²) in [5.41, 5.74) is 8.38. The van der Waals surface area contributed by atoms with Gasteiger partial charge in [0.25, 0.3) is 0 Å². The Balaban J connectivity index is 2.04. The van der Waals surface area contributed by atoms with Crippen molar-refractivity contribution in [2.45, 2.75) is 26.2 Å². The minimum Gasteiger partial charge on any atom is -0.366 e. The average molecular weight is 296 g/mol. The summed E-state index contributed by atoms with van der Waals surface area (Å²) in [6, 6.07) is 9.20. The molecule has 1 aliphatic rings. The van der Waals surface area contributed by atoms with Gasteiger partial charge in [0.15, 0.2) is 0 Å². The van der Waals surface area contributed by atoms with Crippen molar-refractivity contribution in [3.05, 3.63) is 41.6 Å². The molecule has 1 aliphatic heterocycles. The van der Waals surface area contributed by atoms with E-state index >= 15 is 0 Å². The molecule has 0 spiro atoms. The fourth-order valence-electron chi connectivity index (χ4n) is 2.85. The lowest BCUT2D eigenvalue weighted by Gasteiger charge is -2.27. The van der Waals surface area contributed by atoms with Gasteiger partial charge in [-0.25, -0.2) is 9.97 Å². The van der Waals surface area contributed by atoms with Crippen LogP contribution in [0.15, 0.2) is 30.3 Å². The van der Waals surface area contributed by atoms with Crippen molar-refractivity contribution in [2.24, 2.45) is 5.73 Å². The number of rotatable bonds is 3. The van der Waals surface area contributed by atoms with E-state index in [9.17, 15) is 4.79 Å². The number of benzene rings is 1. The molecule has 2 aromatic rings. The number of hydrogen-bond acceptors (Lipinski definition) is 4. The van der Waals surface area contributed by atoms with Crippen LogP contribution in [0.1, 0.15) is 35.3 Å². The normalized spacial score (nSPS) is 14.9. The molecule has 2 N–H and O–H groups in total. The Kier molecular flexibility index (Phi) is 4.04. The van der Waals surface area contributed by atoms with Crippen LogP contribution < -0.4 is 10.6 Å². The average Bonchev–Trinajstić information content (AvgIpc) is 2.55.